The van der Waals surface area contributed by atoms with E-state index < -0.39 is 42.3 Å². The zero-order valence-electron chi connectivity index (χ0n) is 65.3. The van der Waals surface area contributed by atoms with Crippen molar-refractivity contribution in [2.24, 2.45) is 22.9 Å². The summed E-state index contributed by atoms with van der Waals surface area (Å²) < 4.78 is 135. The number of fused-ring (bicyclic) bond motifs is 10. The van der Waals surface area contributed by atoms with Crippen molar-refractivity contribution >= 4 is 153 Å². The number of rotatable bonds is 9. The quantitative estimate of drug-likeness (QED) is 0.0338. The summed E-state index contributed by atoms with van der Waals surface area (Å²) in [5, 5.41) is 41.5. The van der Waals surface area contributed by atoms with E-state index in [0.29, 0.717) is 70.3 Å². The molecule has 0 fully saturated rings. The van der Waals surface area contributed by atoms with Crippen LogP contribution in [0.25, 0.3) is 0 Å². The van der Waals surface area contributed by atoms with Gasteiger partial charge in [0.2, 0.25) is 45.3 Å². The van der Waals surface area contributed by atoms with Crippen LogP contribution in [0.1, 0.15) is 91.0 Å². The molecule has 118 heavy (non-hydrogen) atoms. The van der Waals surface area contributed by atoms with Gasteiger partial charge in [0.1, 0.15) is 38.1 Å². The van der Waals surface area contributed by atoms with Crippen LogP contribution >= 0.6 is 105 Å². The SMILES string of the molecule is CC1COc2c(Br)cnn2C1.CC1COc2c(S(=O)(=O)Oc3c(Cl)cc(Cl)cc3Cl)cnn2C1.CC1COc2c(S(N)(=O)=O)cnn2C1.CI.COC1COc2c(Br)cnn2C1.COC1COc2c(S(=O)(=O)NC(=O)Nc3c4c(cc5c3CCC5)CCC4)cnn2C1.N.Nc1c2c(cc3c1CCC3)CCC2.O.OC1COc2c(Br)cnn2C1. The molecule has 6 unspecified atom stereocenters. The van der Waals surface area contributed by atoms with Gasteiger partial charge in [-0.2, -0.15) is 39.0 Å². The Labute approximate surface area is 737 Å². The molecule has 35 nitrogen and oxygen atoms in total. The third-order valence-electron chi connectivity index (χ3n) is 20.0. The van der Waals surface area contributed by atoms with E-state index in [-0.39, 0.29) is 89.5 Å². The summed E-state index contributed by atoms with van der Waals surface area (Å²) in [6.45, 7) is 12.8. The molecule has 0 saturated heterocycles. The van der Waals surface area contributed by atoms with E-state index in [0.717, 1.165) is 106 Å². The number of hydrogen-bond donors (Lipinski definition) is 6. The van der Waals surface area contributed by atoms with Gasteiger partial charge in [-0.3, -0.25) is 0 Å². The molecule has 0 saturated carbocycles. The Morgan fingerprint density at radius 2 is 0.856 bits per heavy atom. The average molecular weight is 2070 g/mol. The average Bonchev–Trinajstić information content (AvgIpc) is 1.60. The second-order valence-electron chi connectivity index (χ2n) is 28.8. The highest BCUT2D eigenvalue weighted by Gasteiger charge is 2.36. The number of aromatic nitrogens is 12. The predicted octanol–water partition coefficient (Wildman–Crippen LogP) is 10.7. The first-order chi connectivity index (χ1) is 55.4. The number of carbonyl (C=O) groups excluding carboxylic acids is 1. The number of amides is 2. The molecule has 0 radical (unpaired) electrons. The van der Waals surface area contributed by atoms with Crippen LogP contribution in [0.2, 0.25) is 15.1 Å². The van der Waals surface area contributed by atoms with Crippen LogP contribution in [0.15, 0.2) is 89.6 Å². The van der Waals surface area contributed by atoms with Gasteiger partial charge in [0.25, 0.3) is 10.0 Å². The second kappa shape index (κ2) is 40.9. The minimum absolute atomic E-state index is 0. The number of urea groups is 1. The Hall–Kier alpha value is -6.76. The van der Waals surface area contributed by atoms with E-state index in [1.54, 1.807) is 42.2 Å². The normalized spacial score (nSPS) is 19.4. The van der Waals surface area contributed by atoms with Crippen molar-refractivity contribution < 1.29 is 82.7 Å². The Morgan fingerprint density at radius 1 is 0.508 bits per heavy atom. The number of anilines is 2. The summed E-state index contributed by atoms with van der Waals surface area (Å²) in [5.41, 5.74) is 19.0. The number of ether oxygens (including phenoxy) is 8. The number of aryl methyl sites for hydroxylation is 4. The van der Waals surface area contributed by atoms with Crippen LogP contribution in [0.3, 0.4) is 0 Å². The standard InChI is InChI=1S/C20H24N4O5S.C13H11Cl3N2O4S.C12H15N.C7H9BrN2O2.C7H9BrN2O.C7H11N3O3S.C6H7BrN2O2.CH3I.H3N.H2O/c1-28-14-10-24-19(29-11-14)17(9-21-24)30(26,27)23-20(25)22-18-15-6-2-4-12(15)8-13-5-3-7-16(13)18;1-7-5-18-13(21-6-7)11(4-17-18)23(19,20)22-12-9(15)2-8(14)3-10(12)16;13-12-10-5-1-3-8(10)7-9-4-2-6-11(9)12;1-11-5-3-10-7(12-4-5)6(8)2-9-10;1-5-3-10-7(11-4-5)6(8)2-9-10;1-5-3-10-7(13-4-5)6(2-9-10)14(8,11)12;7-5-1-8-9-2-4(10)3-11-6(5)9;1-2;;/h8-9,14H,2-7,10-11H2,1H3,(H2,22,23,25);2-4,7H,5-6H2,1H3;7H,1-6,13H2;2,5H,3-4H2,1H3;2,5H,3-4H2,1H3;2,5H,3-4H2,1H3,(H2,8,11,12);1,4,10H,2-3H2;1H3;1H3;1H2. The van der Waals surface area contributed by atoms with Crippen LogP contribution in [0.5, 0.6) is 41.0 Å². The fourth-order valence-electron chi connectivity index (χ4n) is 14.5. The number of methoxy groups -OCH3 is 2. The maximum absolute atomic E-state index is 12.8. The molecule has 19 rings (SSSR count). The van der Waals surface area contributed by atoms with E-state index in [1.165, 1.54) is 117 Å². The second-order valence-corrected chi connectivity index (χ2v) is 37.3. The number of nitrogens with zero attached hydrogens (tertiary/aromatic N) is 12. The molecule has 0 bridgehead atoms. The van der Waals surface area contributed by atoms with E-state index >= 15 is 0 Å². The molecule has 10 aliphatic rings. The van der Waals surface area contributed by atoms with Gasteiger partial charge >= 0.3 is 16.1 Å². The maximum Gasteiger partial charge on any atom is 0.346 e. The molecule has 646 valence electrons. The molecular formula is C73H94Br3Cl3IN17O18S3. The lowest BCUT2D eigenvalue weighted by molar-refractivity contribution is 0.0165. The highest BCUT2D eigenvalue weighted by Crippen LogP contribution is 2.43. The number of sulfonamides is 2. The third-order valence-corrected chi connectivity index (χ3v) is 25.8. The van der Waals surface area contributed by atoms with Gasteiger partial charge in [-0.15, -0.1) is 0 Å². The number of primary sulfonamides is 1. The molecule has 6 atom stereocenters. The number of nitrogens with one attached hydrogen (secondary N) is 2. The van der Waals surface area contributed by atoms with Crippen molar-refractivity contribution in [1.29, 1.82) is 0 Å². The lowest BCUT2D eigenvalue weighted by atomic mass is 9.99. The number of aliphatic hydroxyl groups excluding tert-OH is 1. The third kappa shape index (κ3) is 22.0. The van der Waals surface area contributed by atoms with Gasteiger partial charge in [-0.1, -0.05) is 90.3 Å². The molecular weight excluding hydrogens is 1970 g/mol. The highest BCUT2D eigenvalue weighted by molar-refractivity contribution is 14.1. The minimum atomic E-state index is -4.21. The first-order valence-electron chi connectivity index (χ1n) is 37.2. The van der Waals surface area contributed by atoms with Gasteiger partial charge < -0.3 is 69.9 Å². The monoisotopic (exact) mass is 2060 g/mol. The molecule has 6 aromatic heterocycles. The zero-order chi connectivity index (χ0) is 83.1. The summed E-state index contributed by atoms with van der Waals surface area (Å²) in [7, 11) is -8.84. The Bertz CT molecular complexity index is 5260. The lowest BCUT2D eigenvalue weighted by Gasteiger charge is -2.23. The van der Waals surface area contributed by atoms with Crippen molar-refractivity contribution in [2.75, 3.05) is 69.8 Å². The van der Waals surface area contributed by atoms with Crippen molar-refractivity contribution in [2.45, 2.75) is 170 Å². The first-order valence-corrected chi connectivity index (χ1v) is 47.3. The fourth-order valence-corrected chi connectivity index (χ4v) is 19.3. The molecule has 3 aromatic carbocycles. The molecule has 45 heteroatoms. The van der Waals surface area contributed by atoms with Crippen molar-refractivity contribution in [3.8, 4) is 41.0 Å². The maximum atomic E-state index is 12.8. The molecule has 2 amide bonds. The summed E-state index contributed by atoms with van der Waals surface area (Å²) in [4.78, 5) is 14.3. The van der Waals surface area contributed by atoms with Crippen LogP contribution in [-0.2, 0) is 130 Å². The number of aliphatic hydroxyl groups is 1. The Balaban J connectivity index is 0.000000149. The largest absolute Gasteiger partial charge is 0.477 e. The predicted molar refractivity (Wildman–Crippen MR) is 459 cm³/mol. The van der Waals surface area contributed by atoms with Gasteiger partial charge in [0, 0.05) is 48.4 Å². The topological polar surface area (TPSA) is 472 Å². The van der Waals surface area contributed by atoms with E-state index in [2.05, 4.69) is 130 Å². The fraction of sp³-hybridized carbons (Fsp3) is 0.493. The van der Waals surface area contributed by atoms with Crippen molar-refractivity contribution in [1.82, 2.24) is 69.6 Å². The summed E-state index contributed by atoms with van der Waals surface area (Å²) in [5.74, 6) is 3.81. The summed E-state index contributed by atoms with van der Waals surface area (Å²) in [6.07, 6.45) is 21.7. The minimum Gasteiger partial charge on any atom is -0.477 e. The van der Waals surface area contributed by atoms with Crippen LogP contribution in [-0.4, -0.2) is 178 Å². The molecule has 4 aliphatic carbocycles. The van der Waals surface area contributed by atoms with E-state index in [9.17, 15) is 30.0 Å². The molecule has 12 N–H and O–H groups in total. The number of carbonyl (C=O) groups is 1. The highest BCUT2D eigenvalue weighted by atomic mass is 127. The van der Waals surface area contributed by atoms with Gasteiger partial charge in [0.05, 0.1) is 120 Å². The van der Waals surface area contributed by atoms with E-state index in [4.69, 9.17) is 92.9 Å². The van der Waals surface area contributed by atoms with Gasteiger partial charge in [-0.25, -0.2) is 59.6 Å². The first kappa shape index (κ1) is 93.5. The molecule has 6 aliphatic heterocycles. The summed E-state index contributed by atoms with van der Waals surface area (Å²) in [6, 6.07) is 6.58. The molecule has 9 aromatic rings. The van der Waals surface area contributed by atoms with E-state index in [1.807, 2.05) is 23.5 Å². The summed E-state index contributed by atoms with van der Waals surface area (Å²) >= 11 is 29.8. The molecule has 0 spiro atoms. The van der Waals surface area contributed by atoms with Crippen LogP contribution in [0.4, 0.5) is 16.2 Å². The number of benzene rings is 3. The van der Waals surface area contributed by atoms with Crippen LogP contribution in [0, 0.1) is 17.8 Å². The number of alkyl halides is 1. The Morgan fingerprint density at radius 3 is 1.31 bits per heavy atom. The number of halogens is 7. The van der Waals surface area contributed by atoms with Crippen molar-refractivity contribution in [3.63, 3.8) is 0 Å². The zero-order valence-corrected chi connectivity index (χ0v) is 76.9. The molecule has 12 heterocycles. The smallest absolute Gasteiger partial charge is 0.346 e. The number of nitrogen functional groups attached to an aromatic ring is 1. The Kier molecular flexibility index (Phi) is 32.4. The lowest BCUT2D eigenvalue weighted by Crippen LogP contribution is -2.36. The van der Waals surface area contributed by atoms with Gasteiger partial charge in [-0.05, 0) is 186 Å². The van der Waals surface area contributed by atoms with Crippen LogP contribution < -0.4 is 59.7 Å². The van der Waals surface area contributed by atoms with Crippen molar-refractivity contribution in [3.05, 3.63) is 134 Å². The number of hydrogen-bond acceptors (Lipinski definition) is 25. The number of nitrogens with two attached hydrogens (primary N) is 2. The van der Waals surface area contributed by atoms with Gasteiger partial charge in [0.15, 0.2) is 20.4 Å².